The number of nitro benzene ring substituents is 1. The van der Waals surface area contributed by atoms with E-state index in [1.54, 1.807) is 48.5 Å². The van der Waals surface area contributed by atoms with Gasteiger partial charge in [0.15, 0.2) is 0 Å². The van der Waals surface area contributed by atoms with Gasteiger partial charge >= 0.3 is 0 Å². The van der Waals surface area contributed by atoms with Crippen LogP contribution in [0.4, 0.5) is 11.4 Å². The van der Waals surface area contributed by atoms with E-state index in [0.29, 0.717) is 16.3 Å². The molecular formula is C20H12ClN3O4. The number of nitrogens with one attached hydrogen (secondary N) is 1. The Morgan fingerprint density at radius 3 is 2.54 bits per heavy atom. The van der Waals surface area contributed by atoms with E-state index in [1.165, 1.54) is 18.2 Å². The molecule has 0 aliphatic heterocycles. The first-order valence-electron chi connectivity index (χ1n) is 8.00. The van der Waals surface area contributed by atoms with Crippen LogP contribution in [-0.2, 0) is 4.79 Å². The summed E-state index contributed by atoms with van der Waals surface area (Å²) < 4.78 is 5.58. The fourth-order valence-corrected chi connectivity index (χ4v) is 2.56. The van der Waals surface area contributed by atoms with Gasteiger partial charge in [0.2, 0.25) is 0 Å². The van der Waals surface area contributed by atoms with Crippen molar-refractivity contribution < 1.29 is 14.1 Å². The highest BCUT2D eigenvalue weighted by Gasteiger charge is 2.17. The van der Waals surface area contributed by atoms with Crippen molar-refractivity contribution in [2.75, 3.05) is 5.32 Å². The maximum atomic E-state index is 12.3. The number of rotatable bonds is 5. The minimum Gasteiger partial charge on any atom is -0.456 e. The van der Waals surface area contributed by atoms with Crippen LogP contribution in [-0.4, -0.2) is 10.8 Å². The summed E-state index contributed by atoms with van der Waals surface area (Å²) in [5.41, 5.74) is 0.499. The fourth-order valence-electron chi connectivity index (χ4n) is 2.44. The minimum absolute atomic E-state index is 0.103. The number of anilines is 1. The molecule has 0 atom stereocenters. The van der Waals surface area contributed by atoms with Crippen molar-refractivity contribution in [3.05, 3.63) is 87.1 Å². The Morgan fingerprint density at radius 1 is 1.14 bits per heavy atom. The highest BCUT2D eigenvalue weighted by atomic mass is 35.5. The zero-order chi connectivity index (χ0) is 20.1. The molecule has 0 radical (unpaired) electrons. The topological polar surface area (TPSA) is 109 Å². The van der Waals surface area contributed by atoms with Gasteiger partial charge in [0.05, 0.1) is 10.5 Å². The molecule has 1 amide bonds. The molecule has 1 aromatic heterocycles. The van der Waals surface area contributed by atoms with Gasteiger partial charge in [-0.3, -0.25) is 14.9 Å². The number of nitro groups is 1. The number of amides is 1. The van der Waals surface area contributed by atoms with Gasteiger partial charge in [-0.15, -0.1) is 0 Å². The average molecular weight is 394 g/mol. The van der Waals surface area contributed by atoms with Gasteiger partial charge in [0.25, 0.3) is 11.6 Å². The molecule has 0 spiro atoms. The summed E-state index contributed by atoms with van der Waals surface area (Å²) in [7, 11) is 0. The van der Waals surface area contributed by atoms with Gasteiger partial charge in [-0.05, 0) is 42.5 Å². The first-order valence-corrected chi connectivity index (χ1v) is 8.38. The van der Waals surface area contributed by atoms with Gasteiger partial charge in [0, 0.05) is 22.9 Å². The van der Waals surface area contributed by atoms with Crippen molar-refractivity contribution in [3.63, 3.8) is 0 Å². The third-order valence-electron chi connectivity index (χ3n) is 3.75. The van der Waals surface area contributed by atoms with Crippen LogP contribution in [0.3, 0.4) is 0 Å². The number of benzene rings is 2. The number of nitrogens with zero attached hydrogens (tertiary/aromatic N) is 2. The molecule has 0 aliphatic rings. The number of nitriles is 1. The number of para-hydroxylation sites is 1. The molecule has 0 fully saturated rings. The summed E-state index contributed by atoms with van der Waals surface area (Å²) in [4.78, 5) is 22.9. The van der Waals surface area contributed by atoms with Crippen LogP contribution in [0, 0.1) is 21.4 Å². The standard InChI is InChI=1S/C20H12ClN3O4/c21-14-5-7-15(8-6-14)23-20(25)13(12-22)11-16-9-10-19(28-16)17-3-1-2-4-18(17)24(26)27/h1-11H,(H,23,25). The monoisotopic (exact) mass is 393 g/mol. The third kappa shape index (κ3) is 4.26. The predicted octanol–water partition coefficient (Wildman–Crippen LogP) is 5.05. The Hall–Kier alpha value is -3.89. The van der Waals surface area contributed by atoms with E-state index in [-0.39, 0.29) is 22.8 Å². The summed E-state index contributed by atoms with van der Waals surface area (Å²) in [6.07, 6.45) is 1.27. The largest absolute Gasteiger partial charge is 0.456 e. The zero-order valence-corrected chi connectivity index (χ0v) is 15.0. The van der Waals surface area contributed by atoms with Crippen LogP contribution in [0.25, 0.3) is 17.4 Å². The Balaban J connectivity index is 1.85. The van der Waals surface area contributed by atoms with Crippen molar-refractivity contribution in [1.82, 2.24) is 0 Å². The van der Waals surface area contributed by atoms with Crippen molar-refractivity contribution in [1.29, 1.82) is 5.26 Å². The molecule has 2 aromatic carbocycles. The van der Waals surface area contributed by atoms with Crippen LogP contribution < -0.4 is 5.32 Å². The van der Waals surface area contributed by atoms with E-state index >= 15 is 0 Å². The summed E-state index contributed by atoms with van der Waals surface area (Å²) >= 11 is 5.80. The van der Waals surface area contributed by atoms with Crippen LogP contribution in [0.1, 0.15) is 5.76 Å². The van der Waals surface area contributed by atoms with Gasteiger partial charge in [-0.2, -0.15) is 5.26 Å². The lowest BCUT2D eigenvalue weighted by Gasteiger charge is -2.03. The van der Waals surface area contributed by atoms with Crippen LogP contribution in [0.15, 0.2) is 70.7 Å². The number of carbonyl (C=O) groups excluding carboxylic acids is 1. The molecule has 138 valence electrons. The molecular weight excluding hydrogens is 382 g/mol. The van der Waals surface area contributed by atoms with Crippen molar-refractivity contribution in [3.8, 4) is 17.4 Å². The Kier molecular flexibility index (Phi) is 5.53. The van der Waals surface area contributed by atoms with E-state index in [2.05, 4.69) is 5.32 Å². The van der Waals surface area contributed by atoms with Gasteiger partial charge in [0.1, 0.15) is 23.2 Å². The Morgan fingerprint density at radius 2 is 1.86 bits per heavy atom. The molecule has 3 rings (SSSR count). The molecule has 8 heteroatoms. The summed E-state index contributed by atoms with van der Waals surface area (Å²) in [5, 5.41) is 23.6. The van der Waals surface area contributed by atoms with Crippen molar-refractivity contribution in [2.45, 2.75) is 0 Å². The lowest BCUT2D eigenvalue weighted by Crippen LogP contribution is -2.13. The molecule has 7 nitrogen and oxygen atoms in total. The van der Waals surface area contributed by atoms with Crippen molar-refractivity contribution in [2.24, 2.45) is 0 Å². The molecule has 0 saturated carbocycles. The minimum atomic E-state index is -0.617. The zero-order valence-electron chi connectivity index (χ0n) is 14.3. The fraction of sp³-hybridized carbons (Fsp3) is 0. The maximum Gasteiger partial charge on any atom is 0.280 e. The molecule has 28 heavy (non-hydrogen) atoms. The van der Waals surface area contributed by atoms with Gasteiger partial charge in [-0.25, -0.2) is 0 Å². The number of carbonyl (C=O) groups is 1. The quantitative estimate of drug-likeness (QED) is 0.282. The lowest BCUT2D eigenvalue weighted by atomic mass is 10.1. The molecule has 1 N–H and O–H groups in total. The van der Waals surface area contributed by atoms with Crippen molar-refractivity contribution >= 4 is 35.0 Å². The van der Waals surface area contributed by atoms with Gasteiger partial charge in [-0.1, -0.05) is 23.7 Å². The second-order valence-corrected chi connectivity index (χ2v) is 6.04. The second-order valence-electron chi connectivity index (χ2n) is 5.61. The molecule has 0 saturated heterocycles. The van der Waals surface area contributed by atoms with E-state index in [0.717, 1.165) is 0 Å². The van der Waals surface area contributed by atoms with Gasteiger partial charge < -0.3 is 9.73 Å². The lowest BCUT2D eigenvalue weighted by molar-refractivity contribution is -0.384. The van der Waals surface area contributed by atoms with Crippen LogP contribution in [0.2, 0.25) is 5.02 Å². The van der Waals surface area contributed by atoms with E-state index in [1.807, 2.05) is 6.07 Å². The molecule has 0 unspecified atom stereocenters. The summed E-state index contributed by atoms with van der Waals surface area (Å²) in [6.45, 7) is 0. The van der Waals surface area contributed by atoms with E-state index in [9.17, 15) is 20.2 Å². The number of halogens is 1. The Bertz CT molecular complexity index is 1110. The smallest absolute Gasteiger partial charge is 0.280 e. The molecule has 3 aromatic rings. The molecule has 0 aliphatic carbocycles. The molecule has 0 bridgehead atoms. The number of furan rings is 1. The number of hydrogen-bond acceptors (Lipinski definition) is 5. The first-order chi connectivity index (χ1) is 13.5. The predicted molar refractivity (Wildman–Crippen MR) is 104 cm³/mol. The maximum absolute atomic E-state index is 12.3. The SMILES string of the molecule is N#CC(=Cc1ccc(-c2ccccc2[N+](=O)[O-])o1)C(=O)Nc1ccc(Cl)cc1. The Labute approximate surface area is 164 Å². The molecule has 1 heterocycles. The second kappa shape index (κ2) is 8.20. The van der Waals surface area contributed by atoms with E-state index in [4.69, 9.17) is 16.0 Å². The van der Waals surface area contributed by atoms with E-state index < -0.39 is 10.8 Å². The van der Waals surface area contributed by atoms with Crippen LogP contribution >= 0.6 is 11.6 Å². The third-order valence-corrected chi connectivity index (χ3v) is 4.00. The normalized spacial score (nSPS) is 10.9. The average Bonchev–Trinajstić information content (AvgIpc) is 3.16. The summed E-state index contributed by atoms with van der Waals surface area (Å²) in [5.74, 6) is -0.140. The summed E-state index contributed by atoms with van der Waals surface area (Å²) in [6, 6.07) is 17.5. The highest BCUT2D eigenvalue weighted by Crippen LogP contribution is 2.31. The highest BCUT2D eigenvalue weighted by molar-refractivity contribution is 6.30. The number of hydrogen-bond donors (Lipinski definition) is 1. The van der Waals surface area contributed by atoms with Crippen LogP contribution in [0.5, 0.6) is 0 Å². The first kappa shape index (κ1) is 18.9.